The summed E-state index contributed by atoms with van der Waals surface area (Å²) in [6, 6.07) is 5.76. The normalized spacial score (nSPS) is 16.9. The van der Waals surface area contributed by atoms with E-state index in [4.69, 9.17) is 10.5 Å². The summed E-state index contributed by atoms with van der Waals surface area (Å²) in [6.07, 6.45) is 4.41. The molecule has 1 saturated carbocycles. The molecule has 0 bridgehead atoms. The molecule has 5 heteroatoms. The number of hydrogen-bond donors (Lipinski definition) is 2. The molecule has 1 aliphatic rings. The molecule has 0 saturated heterocycles. The summed E-state index contributed by atoms with van der Waals surface area (Å²) in [5.41, 5.74) is 5.55. The van der Waals surface area contributed by atoms with E-state index in [0.717, 1.165) is 25.7 Å². The molecule has 1 aliphatic carbocycles. The van der Waals surface area contributed by atoms with Gasteiger partial charge in [-0.2, -0.15) is 0 Å². The van der Waals surface area contributed by atoms with Crippen LogP contribution in [0.5, 0.6) is 5.75 Å². The van der Waals surface area contributed by atoms with Gasteiger partial charge in [0.15, 0.2) is 0 Å². The van der Waals surface area contributed by atoms with Crippen molar-refractivity contribution < 1.29 is 13.9 Å². The van der Waals surface area contributed by atoms with Crippen LogP contribution in [-0.2, 0) is 4.79 Å². The van der Waals surface area contributed by atoms with Crippen molar-refractivity contribution in [1.29, 1.82) is 0 Å². The number of rotatable bonds is 6. The number of carbonyl (C=O) groups is 1. The topological polar surface area (TPSA) is 64.3 Å². The van der Waals surface area contributed by atoms with Gasteiger partial charge in [-0.05, 0) is 37.1 Å². The van der Waals surface area contributed by atoms with Gasteiger partial charge in [-0.15, -0.1) is 0 Å². The van der Waals surface area contributed by atoms with E-state index < -0.39 is 0 Å². The molecule has 1 aromatic rings. The summed E-state index contributed by atoms with van der Waals surface area (Å²) >= 11 is 0. The number of nitrogens with one attached hydrogen (secondary N) is 1. The Morgan fingerprint density at radius 3 is 2.55 bits per heavy atom. The highest BCUT2D eigenvalue weighted by Crippen LogP contribution is 2.28. The van der Waals surface area contributed by atoms with Gasteiger partial charge in [-0.1, -0.05) is 12.8 Å². The lowest BCUT2D eigenvalue weighted by molar-refractivity contribution is -0.123. The van der Waals surface area contributed by atoms with Gasteiger partial charge in [-0.25, -0.2) is 4.39 Å². The summed E-state index contributed by atoms with van der Waals surface area (Å²) < 4.78 is 18.1. The Balaban J connectivity index is 1.73. The molecule has 0 aliphatic heterocycles. The number of ether oxygens (including phenoxy) is 1. The first kappa shape index (κ1) is 14.8. The maximum absolute atomic E-state index is 12.7. The lowest BCUT2D eigenvalue weighted by Crippen LogP contribution is -2.51. The van der Waals surface area contributed by atoms with Crippen molar-refractivity contribution in [3.63, 3.8) is 0 Å². The van der Waals surface area contributed by atoms with Gasteiger partial charge < -0.3 is 15.8 Å². The minimum atomic E-state index is -0.304. The van der Waals surface area contributed by atoms with E-state index >= 15 is 0 Å². The molecular formula is C15H21FN2O2. The molecule has 0 heterocycles. The van der Waals surface area contributed by atoms with E-state index in [2.05, 4.69) is 5.32 Å². The van der Waals surface area contributed by atoms with Crippen molar-refractivity contribution in [3.05, 3.63) is 30.1 Å². The number of nitrogens with two attached hydrogens (primary N) is 1. The van der Waals surface area contributed by atoms with Crippen molar-refractivity contribution in [2.75, 3.05) is 13.2 Å². The van der Waals surface area contributed by atoms with Crippen LogP contribution >= 0.6 is 0 Å². The highest BCUT2D eigenvalue weighted by molar-refractivity contribution is 5.77. The van der Waals surface area contributed by atoms with Gasteiger partial charge in [0, 0.05) is 6.54 Å². The van der Waals surface area contributed by atoms with E-state index in [-0.39, 0.29) is 30.3 Å². The fourth-order valence-electron chi connectivity index (χ4n) is 2.58. The molecule has 0 radical (unpaired) electrons. The van der Waals surface area contributed by atoms with Crippen LogP contribution in [0.1, 0.15) is 32.1 Å². The number of halogens is 1. The Kier molecular flexibility index (Phi) is 4.95. The summed E-state index contributed by atoms with van der Waals surface area (Å²) in [7, 11) is 0. The molecule has 1 aromatic carbocycles. The van der Waals surface area contributed by atoms with Gasteiger partial charge in [0.05, 0.1) is 18.6 Å². The second-order valence-electron chi connectivity index (χ2n) is 5.29. The smallest absolute Gasteiger partial charge is 0.223 e. The SMILES string of the molecule is NCC1(NC(=O)CCOc2ccc(F)cc2)CCCC1. The Labute approximate surface area is 118 Å². The van der Waals surface area contributed by atoms with Crippen LogP contribution in [0.4, 0.5) is 4.39 Å². The predicted molar refractivity (Wildman–Crippen MR) is 74.9 cm³/mol. The molecule has 0 unspecified atom stereocenters. The van der Waals surface area contributed by atoms with Gasteiger partial charge in [0.1, 0.15) is 11.6 Å². The van der Waals surface area contributed by atoms with E-state index in [1.54, 1.807) is 12.1 Å². The van der Waals surface area contributed by atoms with Crippen molar-refractivity contribution in [3.8, 4) is 5.75 Å². The Morgan fingerprint density at radius 1 is 1.30 bits per heavy atom. The van der Waals surface area contributed by atoms with Crippen LogP contribution in [0.25, 0.3) is 0 Å². The molecular weight excluding hydrogens is 259 g/mol. The summed E-state index contributed by atoms with van der Waals surface area (Å²) in [6.45, 7) is 0.760. The van der Waals surface area contributed by atoms with E-state index in [1.165, 1.54) is 12.1 Å². The van der Waals surface area contributed by atoms with Crippen LogP contribution in [-0.4, -0.2) is 24.6 Å². The summed E-state index contributed by atoms with van der Waals surface area (Å²) in [5.74, 6) is 0.217. The van der Waals surface area contributed by atoms with E-state index in [0.29, 0.717) is 12.3 Å². The first-order chi connectivity index (χ1) is 9.63. The first-order valence-corrected chi connectivity index (χ1v) is 7.03. The molecule has 0 spiro atoms. The number of carbonyl (C=O) groups excluding carboxylic acids is 1. The second kappa shape index (κ2) is 6.70. The van der Waals surface area contributed by atoms with E-state index in [9.17, 15) is 9.18 Å². The Hall–Kier alpha value is -1.62. The maximum atomic E-state index is 12.7. The zero-order chi connectivity index (χ0) is 14.4. The van der Waals surface area contributed by atoms with Crippen LogP contribution in [0.2, 0.25) is 0 Å². The van der Waals surface area contributed by atoms with Gasteiger partial charge in [0.2, 0.25) is 5.91 Å². The standard InChI is InChI=1S/C15H21FN2O2/c16-12-3-5-13(6-4-12)20-10-7-14(19)18-15(11-17)8-1-2-9-15/h3-6H,1-2,7-11,17H2,(H,18,19). The quantitative estimate of drug-likeness (QED) is 0.837. The average Bonchev–Trinajstić information content (AvgIpc) is 2.90. The largest absolute Gasteiger partial charge is 0.493 e. The molecule has 0 aromatic heterocycles. The monoisotopic (exact) mass is 280 g/mol. The number of benzene rings is 1. The molecule has 0 atom stereocenters. The first-order valence-electron chi connectivity index (χ1n) is 7.03. The summed E-state index contributed by atoms with van der Waals surface area (Å²) in [4.78, 5) is 11.9. The van der Waals surface area contributed by atoms with Crippen molar-refractivity contribution in [1.82, 2.24) is 5.32 Å². The Morgan fingerprint density at radius 2 is 1.95 bits per heavy atom. The minimum Gasteiger partial charge on any atom is -0.493 e. The number of hydrogen-bond acceptors (Lipinski definition) is 3. The van der Waals surface area contributed by atoms with Crippen molar-refractivity contribution >= 4 is 5.91 Å². The van der Waals surface area contributed by atoms with Gasteiger partial charge in [0.25, 0.3) is 0 Å². The molecule has 20 heavy (non-hydrogen) atoms. The highest BCUT2D eigenvalue weighted by atomic mass is 19.1. The third-order valence-corrected chi connectivity index (χ3v) is 3.77. The molecule has 110 valence electrons. The molecule has 3 N–H and O–H groups in total. The van der Waals surface area contributed by atoms with Crippen LogP contribution in [0, 0.1) is 5.82 Å². The summed E-state index contributed by atoms with van der Waals surface area (Å²) in [5, 5.41) is 3.03. The van der Waals surface area contributed by atoms with Crippen LogP contribution in [0.3, 0.4) is 0 Å². The number of amides is 1. The lowest BCUT2D eigenvalue weighted by Gasteiger charge is -2.28. The van der Waals surface area contributed by atoms with Crippen molar-refractivity contribution in [2.45, 2.75) is 37.6 Å². The zero-order valence-corrected chi connectivity index (χ0v) is 11.5. The second-order valence-corrected chi connectivity index (χ2v) is 5.29. The van der Waals surface area contributed by atoms with Gasteiger partial charge >= 0.3 is 0 Å². The minimum absolute atomic E-state index is 0.0422. The van der Waals surface area contributed by atoms with Crippen molar-refractivity contribution in [2.24, 2.45) is 5.73 Å². The fraction of sp³-hybridized carbons (Fsp3) is 0.533. The van der Waals surface area contributed by atoms with Crippen LogP contribution < -0.4 is 15.8 Å². The molecule has 1 amide bonds. The molecule has 1 fully saturated rings. The average molecular weight is 280 g/mol. The Bertz CT molecular complexity index is 442. The molecule has 4 nitrogen and oxygen atoms in total. The lowest BCUT2D eigenvalue weighted by atomic mass is 9.98. The fourth-order valence-corrected chi connectivity index (χ4v) is 2.58. The zero-order valence-electron chi connectivity index (χ0n) is 11.5. The third kappa shape index (κ3) is 3.93. The molecule has 2 rings (SSSR count). The predicted octanol–water partition coefficient (Wildman–Crippen LogP) is 1.98. The highest BCUT2D eigenvalue weighted by Gasteiger charge is 2.33. The van der Waals surface area contributed by atoms with E-state index in [1.807, 2.05) is 0 Å². The third-order valence-electron chi connectivity index (χ3n) is 3.77. The van der Waals surface area contributed by atoms with Gasteiger partial charge in [-0.3, -0.25) is 4.79 Å². The maximum Gasteiger partial charge on any atom is 0.223 e. The van der Waals surface area contributed by atoms with Crippen LogP contribution in [0.15, 0.2) is 24.3 Å².